The third-order valence-electron chi connectivity index (χ3n) is 1.74. The van der Waals surface area contributed by atoms with Crippen LogP contribution in [0.3, 0.4) is 0 Å². The Hall–Kier alpha value is -0.800. The van der Waals surface area contributed by atoms with Crippen LogP contribution in [0.25, 0.3) is 0 Å². The van der Waals surface area contributed by atoms with Gasteiger partial charge in [-0.3, -0.25) is 10.1 Å². The second-order valence-electron chi connectivity index (χ2n) is 2.93. The van der Waals surface area contributed by atoms with Crippen LogP contribution in [0.15, 0.2) is 12.4 Å². The maximum atomic E-state index is 12.4. The summed E-state index contributed by atoms with van der Waals surface area (Å²) >= 11 is 1.94. The molecular formula is C7H8F3IN4. The lowest BCUT2D eigenvalue weighted by Crippen LogP contribution is -2.38. The van der Waals surface area contributed by atoms with E-state index in [9.17, 15) is 13.2 Å². The number of nitrogens with one attached hydrogen (secondary N) is 1. The van der Waals surface area contributed by atoms with Crippen molar-refractivity contribution in [2.75, 3.05) is 0 Å². The number of nitrogens with two attached hydrogens (primary N) is 1. The van der Waals surface area contributed by atoms with E-state index in [4.69, 9.17) is 11.1 Å². The zero-order chi connectivity index (χ0) is 11.6. The molecule has 0 radical (unpaired) electrons. The molecule has 4 nitrogen and oxygen atoms in total. The fraction of sp³-hybridized carbons (Fsp3) is 0.429. The first-order chi connectivity index (χ1) is 6.80. The van der Waals surface area contributed by atoms with Crippen LogP contribution in [0.4, 0.5) is 13.2 Å². The van der Waals surface area contributed by atoms with E-state index in [2.05, 4.69) is 5.10 Å². The zero-order valence-electron chi connectivity index (χ0n) is 7.42. The predicted octanol–water partition coefficient (Wildman–Crippen LogP) is 1.60. The number of aromatic nitrogens is 2. The van der Waals surface area contributed by atoms with Crippen LogP contribution in [0.2, 0.25) is 0 Å². The van der Waals surface area contributed by atoms with Crippen molar-refractivity contribution in [2.24, 2.45) is 11.7 Å². The SMILES string of the molecule is N=C(N)C(Cn1cc(I)cn1)C(F)(F)F. The van der Waals surface area contributed by atoms with E-state index < -0.39 is 24.5 Å². The molecule has 1 rings (SSSR count). The highest BCUT2D eigenvalue weighted by molar-refractivity contribution is 14.1. The fourth-order valence-electron chi connectivity index (χ4n) is 1.00. The number of rotatable bonds is 3. The molecule has 8 heteroatoms. The van der Waals surface area contributed by atoms with Crippen molar-refractivity contribution in [2.45, 2.75) is 12.7 Å². The second kappa shape index (κ2) is 4.37. The van der Waals surface area contributed by atoms with Gasteiger partial charge in [-0.25, -0.2) is 0 Å². The van der Waals surface area contributed by atoms with Gasteiger partial charge in [-0.2, -0.15) is 18.3 Å². The number of nitrogens with zero attached hydrogens (tertiary/aromatic N) is 2. The summed E-state index contributed by atoms with van der Waals surface area (Å²) in [5.74, 6) is -2.87. The Balaban J connectivity index is 2.81. The van der Waals surface area contributed by atoms with Crippen LogP contribution >= 0.6 is 22.6 Å². The van der Waals surface area contributed by atoms with E-state index >= 15 is 0 Å². The van der Waals surface area contributed by atoms with Gasteiger partial charge in [0.1, 0.15) is 11.8 Å². The lowest BCUT2D eigenvalue weighted by molar-refractivity contribution is -0.159. The van der Waals surface area contributed by atoms with Gasteiger partial charge >= 0.3 is 6.18 Å². The highest BCUT2D eigenvalue weighted by Crippen LogP contribution is 2.27. The van der Waals surface area contributed by atoms with Crippen LogP contribution in [0.1, 0.15) is 0 Å². The third kappa shape index (κ3) is 3.36. The van der Waals surface area contributed by atoms with E-state index in [0.717, 1.165) is 8.25 Å². The molecule has 0 spiro atoms. The molecule has 0 bridgehead atoms. The quantitative estimate of drug-likeness (QED) is 0.502. The Morgan fingerprint density at radius 3 is 2.60 bits per heavy atom. The molecule has 0 aromatic carbocycles. The Labute approximate surface area is 97.3 Å². The van der Waals surface area contributed by atoms with Crippen molar-refractivity contribution in [3.05, 3.63) is 16.0 Å². The first kappa shape index (κ1) is 12.3. The summed E-state index contributed by atoms with van der Waals surface area (Å²) in [6.07, 6.45) is -1.61. The molecule has 1 aromatic rings. The molecular weight excluding hydrogens is 324 g/mol. The highest BCUT2D eigenvalue weighted by atomic mass is 127. The summed E-state index contributed by atoms with van der Waals surface area (Å²) < 4.78 is 39.1. The minimum absolute atomic E-state index is 0.457. The Morgan fingerprint density at radius 2 is 2.27 bits per heavy atom. The lowest BCUT2D eigenvalue weighted by atomic mass is 10.1. The fourth-order valence-corrected chi connectivity index (χ4v) is 1.45. The van der Waals surface area contributed by atoms with Crippen LogP contribution in [0.5, 0.6) is 0 Å². The molecule has 3 N–H and O–H groups in total. The van der Waals surface area contributed by atoms with Crippen molar-refractivity contribution in [3.8, 4) is 0 Å². The maximum Gasteiger partial charge on any atom is 0.400 e. The van der Waals surface area contributed by atoms with E-state index in [1.807, 2.05) is 22.6 Å². The Morgan fingerprint density at radius 1 is 1.67 bits per heavy atom. The summed E-state index contributed by atoms with van der Waals surface area (Å²) in [6.45, 7) is -0.457. The number of hydrogen-bond acceptors (Lipinski definition) is 2. The zero-order valence-corrected chi connectivity index (χ0v) is 9.58. The van der Waals surface area contributed by atoms with Gasteiger partial charge in [0.15, 0.2) is 0 Å². The summed E-state index contributed by atoms with van der Waals surface area (Å²) in [6, 6.07) is 0. The van der Waals surface area contributed by atoms with Gasteiger partial charge < -0.3 is 5.73 Å². The van der Waals surface area contributed by atoms with Crippen molar-refractivity contribution >= 4 is 28.4 Å². The van der Waals surface area contributed by atoms with E-state index in [1.165, 1.54) is 12.4 Å². The van der Waals surface area contributed by atoms with Crippen molar-refractivity contribution < 1.29 is 13.2 Å². The van der Waals surface area contributed by atoms with Crippen molar-refractivity contribution in [1.82, 2.24) is 9.78 Å². The summed E-state index contributed by atoms with van der Waals surface area (Å²) in [5.41, 5.74) is 4.90. The average Bonchev–Trinajstić information content (AvgIpc) is 2.44. The van der Waals surface area contributed by atoms with Crippen LogP contribution in [-0.2, 0) is 6.54 Å². The van der Waals surface area contributed by atoms with Gasteiger partial charge in [0.25, 0.3) is 0 Å². The predicted molar refractivity (Wildman–Crippen MR) is 56.4 cm³/mol. The third-order valence-corrected chi connectivity index (χ3v) is 2.30. The standard InChI is InChI=1S/C7H8F3IN4/c8-7(9,10)5(6(12)13)3-15-2-4(11)1-14-15/h1-2,5H,3H2,(H3,12,13). The molecule has 84 valence electrons. The van der Waals surface area contributed by atoms with E-state index in [-0.39, 0.29) is 0 Å². The smallest absolute Gasteiger partial charge is 0.387 e. The molecule has 0 saturated carbocycles. The molecule has 0 saturated heterocycles. The number of amidine groups is 1. The molecule has 1 aromatic heterocycles. The average molecular weight is 332 g/mol. The van der Waals surface area contributed by atoms with Gasteiger partial charge in [-0.1, -0.05) is 0 Å². The van der Waals surface area contributed by atoms with Gasteiger partial charge in [0, 0.05) is 6.20 Å². The number of halogens is 4. The minimum atomic E-state index is -4.51. The number of hydrogen-bond donors (Lipinski definition) is 2. The van der Waals surface area contributed by atoms with E-state index in [0.29, 0.717) is 0 Å². The Bertz CT molecular complexity index is 359. The van der Waals surface area contributed by atoms with Crippen molar-refractivity contribution in [3.63, 3.8) is 0 Å². The number of alkyl halides is 3. The van der Waals surface area contributed by atoms with Crippen molar-refractivity contribution in [1.29, 1.82) is 5.41 Å². The van der Waals surface area contributed by atoms with Crippen LogP contribution in [-0.4, -0.2) is 21.8 Å². The van der Waals surface area contributed by atoms with Crippen LogP contribution < -0.4 is 5.73 Å². The lowest BCUT2D eigenvalue weighted by Gasteiger charge is -2.18. The van der Waals surface area contributed by atoms with Gasteiger partial charge in [0.2, 0.25) is 0 Å². The molecule has 0 aliphatic rings. The summed E-state index contributed by atoms with van der Waals surface area (Å²) in [5, 5.41) is 10.6. The molecule has 0 aliphatic heterocycles. The molecule has 1 unspecified atom stereocenters. The molecule has 1 atom stereocenters. The van der Waals surface area contributed by atoms with Crippen LogP contribution in [0, 0.1) is 14.9 Å². The van der Waals surface area contributed by atoms with Gasteiger partial charge in [0.05, 0.1) is 16.3 Å². The molecule has 0 fully saturated rings. The minimum Gasteiger partial charge on any atom is -0.387 e. The second-order valence-corrected chi connectivity index (χ2v) is 4.18. The Kier molecular flexibility index (Phi) is 3.58. The molecule has 1 heterocycles. The van der Waals surface area contributed by atoms with Gasteiger partial charge in [-0.15, -0.1) is 0 Å². The topological polar surface area (TPSA) is 67.7 Å². The molecule has 0 amide bonds. The highest BCUT2D eigenvalue weighted by Gasteiger charge is 2.42. The van der Waals surface area contributed by atoms with E-state index in [1.54, 1.807) is 0 Å². The monoisotopic (exact) mass is 332 g/mol. The first-order valence-corrected chi connectivity index (χ1v) is 4.97. The summed E-state index contributed by atoms with van der Waals surface area (Å²) in [7, 11) is 0. The normalized spacial score (nSPS) is 13.9. The molecule has 0 aliphatic carbocycles. The largest absolute Gasteiger partial charge is 0.400 e. The first-order valence-electron chi connectivity index (χ1n) is 3.89. The molecule has 15 heavy (non-hydrogen) atoms. The summed E-state index contributed by atoms with van der Waals surface area (Å²) in [4.78, 5) is 0. The maximum absolute atomic E-state index is 12.4. The van der Waals surface area contributed by atoms with Gasteiger partial charge in [-0.05, 0) is 22.6 Å².